The van der Waals surface area contributed by atoms with E-state index in [-0.39, 0.29) is 5.56 Å². The molecule has 0 aromatic carbocycles. The molecule has 1 heterocycles. The number of nitrogens with zero attached hydrogens (tertiary/aromatic N) is 3. The molecule has 0 amide bonds. The van der Waals surface area contributed by atoms with Crippen molar-refractivity contribution in [1.29, 1.82) is 0 Å². The highest BCUT2D eigenvalue weighted by atomic mass is 16.1. The lowest BCUT2D eigenvalue weighted by Crippen LogP contribution is -2.42. The Bertz CT molecular complexity index is 580. The van der Waals surface area contributed by atoms with Gasteiger partial charge in [-0.1, -0.05) is 19.9 Å². The van der Waals surface area contributed by atoms with Crippen molar-refractivity contribution < 1.29 is 0 Å². The number of guanidine groups is 1. The third-order valence-corrected chi connectivity index (χ3v) is 4.71. The second kappa shape index (κ2) is 14.3. The second-order valence-electron chi connectivity index (χ2n) is 6.91. The number of hydrogen-bond acceptors (Lipinski definition) is 3. The molecule has 0 aliphatic carbocycles. The average molecular weight is 378 g/mol. The Morgan fingerprint density at radius 3 is 2.63 bits per heavy atom. The first-order valence-corrected chi connectivity index (χ1v) is 10.5. The van der Waals surface area contributed by atoms with E-state index >= 15 is 0 Å². The lowest BCUT2D eigenvalue weighted by molar-refractivity contribution is 0.292. The molecule has 1 aromatic rings. The highest BCUT2D eigenvalue weighted by Crippen LogP contribution is 2.00. The van der Waals surface area contributed by atoms with Gasteiger partial charge in [0.2, 0.25) is 5.56 Å². The zero-order chi connectivity index (χ0) is 19.9. The molecule has 0 radical (unpaired) electrons. The predicted molar refractivity (Wildman–Crippen MR) is 116 cm³/mol. The van der Waals surface area contributed by atoms with Crippen molar-refractivity contribution in [2.24, 2.45) is 4.99 Å². The standard InChI is InChI=1S/C21H39N5O/c1-5-22-21(24-19(4)13-12-16-25(6-2)7-3)23-15-9-11-18-26-17-10-8-14-20(26)27/h8,10,14,17,19H,5-7,9,11-13,15-16,18H2,1-4H3,(H2,22,23,24). The van der Waals surface area contributed by atoms with Crippen LogP contribution in [-0.2, 0) is 6.54 Å². The maximum absolute atomic E-state index is 11.7. The monoisotopic (exact) mass is 377 g/mol. The van der Waals surface area contributed by atoms with Gasteiger partial charge in [0.25, 0.3) is 0 Å². The number of aromatic nitrogens is 1. The number of nitrogens with one attached hydrogen (secondary N) is 2. The number of pyridine rings is 1. The van der Waals surface area contributed by atoms with E-state index < -0.39 is 0 Å². The van der Waals surface area contributed by atoms with Crippen LogP contribution in [0.3, 0.4) is 0 Å². The minimum Gasteiger partial charge on any atom is -0.357 e. The highest BCUT2D eigenvalue weighted by molar-refractivity contribution is 5.79. The summed E-state index contributed by atoms with van der Waals surface area (Å²) in [5.41, 5.74) is 0.0644. The quantitative estimate of drug-likeness (QED) is 0.315. The van der Waals surface area contributed by atoms with Crippen molar-refractivity contribution >= 4 is 5.96 Å². The zero-order valence-corrected chi connectivity index (χ0v) is 17.7. The maximum atomic E-state index is 11.7. The molecule has 154 valence electrons. The molecular formula is C21H39N5O. The zero-order valence-electron chi connectivity index (χ0n) is 17.7. The first kappa shape index (κ1) is 23.2. The third-order valence-electron chi connectivity index (χ3n) is 4.71. The number of unbranched alkanes of at least 4 members (excludes halogenated alkanes) is 1. The fourth-order valence-corrected chi connectivity index (χ4v) is 3.02. The Kier molecular flexibility index (Phi) is 12.3. The number of rotatable bonds is 13. The van der Waals surface area contributed by atoms with E-state index in [2.05, 4.69) is 48.2 Å². The SMILES string of the molecule is CCNC(=NCCCCn1ccccc1=O)NC(C)CCCN(CC)CC. The lowest BCUT2D eigenvalue weighted by Gasteiger charge is -2.21. The van der Waals surface area contributed by atoms with Crippen molar-refractivity contribution in [2.45, 2.75) is 66.0 Å². The van der Waals surface area contributed by atoms with Crippen LogP contribution in [0.2, 0.25) is 0 Å². The molecule has 0 aliphatic heterocycles. The molecule has 0 fully saturated rings. The molecule has 0 bridgehead atoms. The molecule has 1 rings (SSSR count). The van der Waals surface area contributed by atoms with Gasteiger partial charge in [-0.15, -0.1) is 0 Å². The van der Waals surface area contributed by atoms with E-state index in [1.165, 1.54) is 6.42 Å². The Labute approximate surface area is 165 Å². The van der Waals surface area contributed by atoms with Crippen LogP contribution in [0.5, 0.6) is 0 Å². The van der Waals surface area contributed by atoms with Gasteiger partial charge in [0.15, 0.2) is 5.96 Å². The molecule has 0 saturated carbocycles. The van der Waals surface area contributed by atoms with Crippen molar-refractivity contribution in [1.82, 2.24) is 20.1 Å². The number of hydrogen-bond donors (Lipinski definition) is 2. The number of aliphatic imine (C=N–C) groups is 1. The molecule has 6 heteroatoms. The summed E-state index contributed by atoms with van der Waals surface area (Å²) >= 11 is 0. The summed E-state index contributed by atoms with van der Waals surface area (Å²) in [6.07, 6.45) is 6.09. The summed E-state index contributed by atoms with van der Waals surface area (Å²) < 4.78 is 1.76. The molecule has 1 atom stereocenters. The van der Waals surface area contributed by atoms with Crippen LogP contribution in [0.15, 0.2) is 34.2 Å². The van der Waals surface area contributed by atoms with Gasteiger partial charge in [-0.25, -0.2) is 0 Å². The van der Waals surface area contributed by atoms with Crippen LogP contribution in [0, 0.1) is 0 Å². The van der Waals surface area contributed by atoms with Gasteiger partial charge in [0.1, 0.15) is 0 Å². The molecule has 2 N–H and O–H groups in total. The summed E-state index contributed by atoms with van der Waals surface area (Å²) in [6, 6.07) is 5.68. The molecule has 0 saturated heterocycles. The predicted octanol–water partition coefficient (Wildman–Crippen LogP) is 2.69. The largest absolute Gasteiger partial charge is 0.357 e. The van der Waals surface area contributed by atoms with Gasteiger partial charge in [0.05, 0.1) is 0 Å². The summed E-state index contributed by atoms with van der Waals surface area (Å²) in [5.74, 6) is 0.893. The highest BCUT2D eigenvalue weighted by Gasteiger charge is 2.06. The molecule has 0 aliphatic rings. The lowest BCUT2D eigenvalue weighted by atomic mass is 10.2. The van der Waals surface area contributed by atoms with Crippen LogP contribution in [0.4, 0.5) is 0 Å². The average Bonchev–Trinajstić information content (AvgIpc) is 2.66. The van der Waals surface area contributed by atoms with Gasteiger partial charge in [-0.2, -0.15) is 0 Å². The Hall–Kier alpha value is -1.82. The van der Waals surface area contributed by atoms with E-state index in [0.717, 1.165) is 64.5 Å². The summed E-state index contributed by atoms with van der Waals surface area (Å²) in [4.78, 5) is 18.8. The van der Waals surface area contributed by atoms with Crippen molar-refractivity contribution in [3.8, 4) is 0 Å². The van der Waals surface area contributed by atoms with Crippen LogP contribution in [0.25, 0.3) is 0 Å². The second-order valence-corrected chi connectivity index (χ2v) is 6.91. The van der Waals surface area contributed by atoms with Crippen LogP contribution >= 0.6 is 0 Å². The van der Waals surface area contributed by atoms with Crippen LogP contribution in [-0.4, -0.2) is 54.2 Å². The fourth-order valence-electron chi connectivity index (χ4n) is 3.02. The van der Waals surface area contributed by atoms with Gasteiger partial charge in [-0.3, -0.25) is 9.79 Å². The van der Waals surface area contributed by atoms with Gasteiger partial charge < -0.3 is 20.1 Å². The Balaban J connectivity index is 2.32. The molecular weight excluding hydrogens is 338 g/mol. The first-order chi connectivity index (χ1) is 13.1. The normalized spacial score (nSPS) is 13.0. The van der Waals surface area contributed by atoms with Gasteiger partial charge in [-0.05, 0) is 65.2 Å². The van der Waals surface area contributed by atoms with E-state index in [1.54, 1.807) is 16.7 Å². The summed E-state index contributed by atoms with van der Waals surface area (Å²) in [6.45, 7) is 14.5. The van der Waals surface area contributed by atoms with Gasteiger partial charge in [0, 0.05) is 37.9 Å². The summed E-state index contributed by atoms with van der Waals surface area (Å²) in [5, 5.41) is 6.84. The van der Waals surface area contributed by atoms with Crippen molar-refractivity contribution in [3.63, 3.8) is 0 Å². The molecule has 0 spiro atoms. The van der Waals surface area contributed by atoms with E-state index in [1.807, 2.05) is 12.3 Å². The van der Waals surface area contributed by atoms with Crippen LogP contribution < -0.4 is 16.2 Å². The maximum Gasteiger partial charge on any atom is 0.250 e. The molecule has 6 nitrogen and oxygen atoms in total. The van der Waals surface area contributed by atoms with E-state index in [4.69, 9.17) is 0 Å². The van der Waals surface area contributed by atoms with Crippen molar-refractivity contribution in [3.05, 3.63) is 34.7 Å². The van der Waals surface area contributed by atoms with Crippen molar-refractivity contribution in [2.75, 3.05) is 32.7 Å². The molecule has 27 heavy (non-hydrogen) atoms. The Morgan fingerprint density at radius 2 is 1.96 bits per heavy atom. The number of aryl methyl sites for hydroxylation is 1. The van der Waals surface area contributed by atoms with Gasteiger partial charge >= 0.3 is 0 Å². The fraction of sp³-hybridized carbons (Fsp3) is 0.714. The van der Waals surface area contributed by atoms with Crippen LogP contribution in [0.1, 0.15) is 53.4 Å². The van der Waals surface area contributed by atoms with E-state index in [0.29, 0.717) is 6.04 Å². The minimum atomic E-state index is 0.0644. The minimum absolute atomic E-state index is 0.0644. The summed E-state index contributed by atoms with van der Waals surface area (Å²) in [7, 11) is 0. The molecule has 1 aromatic heterocycles. The smallest absolute Gasteiger partial charge is 0.250 e. The topological polar surface area (TPSA) is 61.7 Å². The Morgan fingerprint density at radius 1 is 1.19 bits per heavy atom. The third kappa shape index (κ3) is 10.2. The molecule has 1 unspecified atom stereocenters. The van der Waals surface area contributed by atoms with E-state index in [9.17, 15) is 4.79 Å². The first-order valence-electron chi connectivity index (χ1n) is 10.5.